The molecule has 0 unspecified atom stereocenters. The Bertz CT molecular complexity index is 716. The number of nitrogens with one attached hydrogen (secondary N) is 1. The topological polar surface area (TPSA) is 61.9 Å². The zero-order chi connectivity index (χ0) is 18.9. The summed E-state index contributed by atoms with van der Waals surface area (Å²) in [6.07, 6.45) is 3.59. The van der Waals surface area contributed by atoms with Crippen molar-refractivity contribution in [3.8, 4) is 5.75 Å². The Morgan fingerprint density at radius 3 is 2.67 bits per heavy atom. The number of ether oxygens (including phenoxy) is 1. The van der Waals surface area contributed by atoms with Gasteiger partial charge in [-0.3, -0.25) is 9.59 Å². The molecule has 146 valence electrons. The molecule has 3 aliphatic heterocycles. The third kappa shape index (κ3) is 3.81. The highest BCUT2D eigenvalue weighted by Gasteiger charge is 2.44. The molecular weight excluding hydrogens is 342 g/mol. The second kappa shape index (κ2) is 7.50. The number of carbonyl (C=O) groups excluding carboxylic acids is 2. The van der Waals surface area contributed by atoms with Gasteiger partial charge in [0.2, 0.25) is 11.8 Å². The summed E-state index contributed by atoms with van der Waals surface area (Å²) in [7, 11) is 0. The molecule has 6 heteroatoms. The molecule has 0 radical (unpaired) electrons. The largest absolute Gasteiger partial charge is 0.483 e. The number of benzene rings is 1. The van der Waals surface area contributed by atoms with Crippen LogP contribution in [-0.4, -0.2) is 59.9 Å². The van der Waals surface area contributed by atoms with Gasteiger partial charge in [-0.05, 0) is 44.8 Å². The third-order valence-corrected chi connectivity index (χ3v) is 6.12. The van der Waals surface area contributed by atoms with Crippen LogP contribution in [-0.2, 0) is 16.1 Å². The van der Waals surface area contributed by atoms with E-state index in [1.54, 1.807) is 6.92 Å². The fraction of sp³-hybridized carbons (Fsp3) is 0.619. The smallest absolute Gasteiger partial charge is 0.225 e. The SMILES string of the molecule is CC(=O)N1Cc2ccccc2O[C@@]2(CCCN(C(=O)C3CCNCC3)C2)C1. The minimum Gasteiger partial charge on any atom is -0.483 e. The van der Waals surface area contributed by atoms with Crippen LogP contribution >= 0.6 is 0 Å². The second-order valence-corrected chi connectivity index (χ2v) is 8.16. The summed E-state index contributed by atoms with van der Waals surface area (Å²) in [4.78, 5) is 29.2. The first kappa shape index (κ1) is 18.3. The number of carbonyl (C=O) groups is 2. The Balaban J connectivity index is 1.58. The van der Waals surface area contributed by atoms with Crippen LogP contribution in [0.5, 0.6) is 5.75 Å². The monoisotopic (exact) mass is 371 g/mol. The van der Waals surface area contributed by atoms with Crippen molar-refractivity contribution >= 4 is 11.8 Å². The summed E-state index contributed by atoms with van der Waals surface area (Å²) >= 11 is 0. The van der Waals surface area contributed by atoms with Crippen LogP contribution in [0.3, 0.4) is 0 Å². The Morgan fingerprint density at radius 2 is 1.89 bits per heavy atom. The summed E-state index contributed by atoms with van der Waals surface area (Å²) in [6, 6.07) is 7.95. The lowest BCUT2D eigenvalue weighted by atomic mass is 9.89. The maximum Gasteiger partial charge on any atom is 0.225 e. The number of rotatable bonds is 1. The van der Waals surface area contributed by atoms with Crippen LogP contribution in [0, 0.1) is 5.92 Å². The van der Waals surface area contributed by atoms with Gasteiger partial charge < -0.3 is 19.9 Å². The molecule has 1 aromatic carbocycles. The normalized spacial score (nSPS) is 26.3. The molecule has 3 aliphatic rings. The number of amides is 2. The highest BCUT2D eigenvalue weighted by atomic mass is 16.5. The van der Waals surface area contributed by atoms with Gasteiger partial charge in [-0.25, -0.2) is 0 Å². The lowest BCUT2D eigenvalue weighted by Crippen LogP contribution is -2.59. The van der Waals surface area contributed by atoms with Crippen molar-refractivity contribution in [1.29, 1.82) is 0 Å². The molecule has 1 N–H and O–H groups in total. The standard InChI is InChI=1S/C21H29N3O3/c1-16(25)24-13-18-5-2-3-6-19(18)27-21(15-24)9-4-12-23(14-21)20(26)17-7-10-22-11-8-17/h2-3,5-6,17,22H,4,7-15H2,1H3/t21-/m1/s1. The Kier molecular flexibility index (Phi) is 5.08. The van der Waals surface area contributed by atoms with Gasteiger partial charge >= 0.3 is 0 Å². The molecule has 1 spiro atoms. The molecule has 27 heavy (non-hydrogen) atoms. The van der Waals surface area contributed by atoms with Gasteiger partial charge in [0, 0.05) is 31.5 Å². The van der Waals surface area contributed by atoms with Crippen molar-refractivity contribution < 1.29 is 14.3 Å². The highest BCUT2D eigenvalue weighted by Crippen LogP contribution is 2.35. The molecule has 2 fully saturated rings. The van der Waals surface area contributed by atoms with Crippen LogP contribution < -0.4 is 10.1 Å². The Hall–Kier alpha value is -2.08. The molecule has 1 atom stereocenters. The average molecular weight is 371 g/mol. The van der Waals surface area contributed by atoms with Gasteiger partial charge in [0.15, 0.2) is 0 Å². The maximum atomic E-state index is 13.1. The molecule has 1 aromatic rings. The summed E-state index contributed by atoms with van der Waals surface area (Å²) in [6.45, 7) is 5.89. The first-order valence-corrected chi connectivity index (χ1v) is 10.1. The predicted molar refractivity (Wildman–Crippen MR) is 102 cm³/mol. The number of fused-ring (bicyclic) bond motifs is 1. The zero-order valence-electron chi connectivity index (χ0n) is 16.1. The van der Waals surface area contributed by atoms with Gasteiger partial charge in [0.1, 0.15) is 11.4 Å². The number of para-hydroxylation sites is 1. The lowest BCUT2D eigenvalue weighted by Gasteiger charge is -2.44. The van der Waals surface area contributed by atoms with Gasteiger partial charge in [0.25, 0.3) is 0 Å². The summed E-state index contributed by atoms with van der Waals surface area (Å²) in [5, 5.41) is 3.33. The van der Waals surface area contributed by atoms with Gasteiger partial charge in [-0.2, -0.15) is 0 Å². The van der Waals surface area contributed by atoms with Crippen molar-refractivity contribution in [1.82, 2.24) is 15.1 Å². The van der Waals surface area contributed by atoms with Crippen molar-refractivity contribution in [2.45, 2.75) is 44.8 Å². The zero-order valence-corrected chi connectivity index (χ0v) is 16.1. The molecule has 0 saturated carbocycles. The van der Waals surface area contributed by atoms with E-state index in [9.17, 15) is 9.59 Å². The van der Waals surface area contributed by atoms with Crippen molar-refractivity contribution in [2.75, 3.05) is 32.7 Å². The molecule has 2 saturated heterocycles. The van der Waals surface area contributed by atoms with E-state index in [-0.39, 0.29) is 17.7 Å². The minimum atomic E-state index is -0.515. The third-order valence-electron chi connectivity index (χ3n) is 6.12. The summed E-state index contributed by atoms with van der Waals surface area (Å²) in [5.41, 5.74) is 0.519. The van der Waals surface area contributed by atoms with E-state index in [0.717, 1.165) is 56.6 Å². The second-order valence-electron chi connectivity index (χ2n) is 8.16. The molecule has 2 amide bonds. The van der Waals surface area contributed by atoms with Crippen LogP contribution in [0.25, 0.3) is 0 Å². The van der Waals surface area contributed by atoms with E-state index in [1.807, 2.05) is 34.1 Å². The minimum absolute atomic E-state index is 0.0523. The highest BCUT2D eigenvalue weighted by molar-refractivity contribution is 5.79. The molecule has 4 rings (SSSR count). The summed E-state index contributed by atoms with van der Waals surface area (Å²) in [5.74, 6) is 1.27. The van der Waals surface area contributed by atoms with Gasteiger partial charge in [-0.1, -0.05) is 18.2 Å². The Morgan fingerprint density at radius 1 is 1.15 bits per heavy atom. The molecule has 0 aliphatic carbocycles. The van der Waals surface area contributed by atoms with Gasteiger partial charge in [0.05, 0.1) is 13.1 Å². The van der Waals surface area contributed by atoms with Gasteiger partial charge in [-0.15, -0.1) is 0 Å². The van der Waals surface area contributed by atoms with E-state index >= 15 is 0 Å². The molecule has 0 bridgehead atoms. The fourth-order valence-electron chi connectivity index (χ4n) is 4.66. The average Bonchev–Trinajstić information content (AvgIpc) is 2.84. The maximum absolute atomic E-state index is 13.1. The van der Waals surface area contributed by atoms with Crippen molar-refractivity contribution in [3.05, 3.63) is 29.8 Å². The first-order chi connectivity index (χ1) is 13.1. The van der Waals surface area contributed by atoms with E-state index < -0.39 is 5.60 Å². The van der Waals surface area contributed by atoms with Crippen molar-refractivity contribution in [2.24, 2.45) is 5.92 Å². The molecule has 3 heterocycles. The number of likely N-dealkylation sites (tertiary alicyclic amines) is 1. The van der Waals surface area contributed by atoms with E-state index in [1.165, 1.54) is 0 Å². The number of piperidine rings is 2. The Labute approximate surface area is 160 Å². The van der Waals surface area contributed by atoms with E-state index in [2.05, 4.69) is 5.32 Å². The van der Waals surface area contributed by atoms with Crippen LogP contribution in [0.15, 0.2) is 24.3 Å². The van der Waals surface area contributed by atoms with Crippen LogP contribution in [0.4, 0.5) is 0 Å². The van der Waals surface area contributed by atoms with Crippen LogP contribution in [0.2, 0.25) is 0 Å². The lowest BCUT2D eigenvalue weighted by molar-refractivity contribution is -0.144. The van der Waals surface area contributed by atoms with Crippen molar-refractivity contribution in [3.63, 3.8) is 0 Å². The van der Waals surface area contributed by atoms with E-state index in [0.29, 0.717) is 19.6 Å². The van der Waals surface area contributed by atoms with E-state index in [4.69, 9.17) is 4.74 Å². The van der Waals surface area contributed by atoms with Crippen LogP contribution in [0.1, 0.15) is 38.2 Å². The number of hydrogen-bond acceptors (Lipinski definition) is 4. The molecule has 0 aromatic heterocycles. The number of nitrogens with zero attached hydrogens (tertiary/aromatic N) is 2. The number of hydrogen-bond donors (Lipinski definition) is 1. The first-order valence-electron chi connectivity index (χ1n) is 10.1. The molecule has 6 nitrogen and oxygen atoms in total. The quantitative estimate of drug-likeness (QED) is 0.818. The fourth-order valence-corrected chi connectivity index (χ4v) is 4.66. The predicted octanol–water partition coefficient (Wildman–Crippen LogP) is 1.79. The molecular formula is C21H29N3O3. The summed E-state index contributed by atoms with van der Waals surface area (Å²) < 4.78 is 6.53.